The van der Waals surface area contributed by atoms with E-state index in [0.717, 1.165) is 10.9 Å². The largest absolute Gasteiger partial charge is 0.197 e. The minimum absolute atomic E-state index is 0.281. The minimum Gasteiger partial charge on any atom is -0.197 e. The lowest BCUT2D eigenvalue weighted by Crippen LogP contribution is -1.78. The Kier molecular flexibility index (Phi) is 2.68. The number of fused-ring (bicyclic) bond motifs is 1. The number of benzene rings is 2. The quantitative estimate of drug-likeness (QED) is 0.587. The van der Waals surface area contributed by atoms with Gasteiger partial charge >= 0.3 is 0 Å². The molecule has 15 heavy (non-hydrogen) atoms. The lowest BCUT2D eigenvalue weighted by molar-refractivity contribution is 1.40. The second-order valence-corrected chi connectivity index (χ2v) is 3.16. The van der Waals surface area contributed by atoms with Crippen LogP contribution in [0, 0.1) is 23.2 Å². The van der Waals surface area contributed by atoms with Crippen LogP contribution in [0.15, 0.2) is 42.5 Å². The monoisotopic (exact) mass is 191 g/mol. The summed E-state index contributed by atoms with van der Waals surface area (Å²) in [6.45, 7) is 0. The maximum Gasteiger partial charge on any atom is 0.0966 e. The zero-order valence-electron chi connectivity index (χ0n) is 8.20. The van der Waals surface area contributed by atoms with Crippen LogP contribution in [0.2, 0.25) is 0 Å². The van der Waals surface area contributed by atoms with E-state index in [1.165, 1.54) is 5.39 Å². The SMILES string of the molecule is N#CCC#Cc1cccc2ccccc12. The van der Waals surface area contributed by atoms with Crippen LogP contribution in [0.1, 0.15) is 12.0 Å². The molecule has 0 heterocycles. The van der Waals surface area contributed by atoms with Crippen molar-refractivity contribution in [1.82, 2.24) is 0 Å². The molecule has 0 radical (unpaired) electrons. The van der Waals surface area contributed by atoms with Crippen LogP contribution < -0.4 is 0 Å². The predicted octanol–water partition coefficient (Wildman–Crippen LogP) is 3.10. The Morgan fingerprint density at radius 1 is 1.00 bits per heavy atom. The summed E-state index contributed by atoms with van der Waals surface area (Å²) in [5.41, 5.74) is 0.989. The first-order valence-electron chi connectivity index (χ1n) is 4.75. The van der Waals surface area contributed by atoms with Crippen LogP contribution >= 0.6 is 0 Å². The highest BCUT2D eigenvalue weighted by molar-refractivity contribution is 5.88. The van der Waals surface area contributed by atoms with Crippen molar-refractivity contribution in [2.75, 3.05) is 0 Å². The molecule has 0 aromatic heterocycles. The average molecular weight is 191 g/mol. The summed E-state index contributed by atoms with van der Waals surface area (Å²) in [5, 5.41) is 10.7. The van der Waals surface area contributed by atoms with Crippen molar-refractivity contribution < 1.29 is 0 Å². The van der Waals surface area contributed by atoms with Gasteiger partial charge < -0.3 is 0 Å². The maximum absolute atomic E-state index is 8.41. The van der Waals surface area contributed by atoms with Gasteiger partial charge in [0.1, 0.15) is 0 Å². The first-order chi connectivity index (χ1) is 7.42. The Morgan fingerprint density at radius 3 is 2.67 bits per heavy atom. The van der Waals surface area contributed by atoms with Gasteiger partial charge in [0.05, 0.1) is 12.5 Å². The van der Waals surface area contributed by atoms with Gasteiger partial charge in [-0.1, -0.05) is 48.2 Å². The number of nitrogens with zero attached hydrogens (tertiary/aromatic N) is 1. The number of hydrogen-bond acceptors (Lipinski definition) is 1. The lowest BCUT2D eigenvalue weighted by Gasteiger charge is -1.98. The highest BCUT2D eigenvalue weighted by Gasteiger charge is 1.95. The Bertz CT molecular complexity index is 574. The van der Waals surface area contributed by atoms with E-state index in [1.807, 2.05) is 36.4 Å². The third-order valence-corrected chi connectivity index (χ3v) is 2.18. The van der Waals surface area contributed by atoms with Gasteiger partial charge in [0, 0.05) is 5.56 Å². The van der Waals surface area contributed by atoms with E-state index >= 15 is 0 Å². The van der Waals surface area contributed by atoms with E-state index in [9.17, 15) is 0 Å². The first kappa shape index (κ1) is 9.31. The summed E-state index contributed by atoms with van der Waals surface area (Å²) >= 11 is 0. The van der Waals surface area contributed by atoms with Gasteiger partial charge in [-0.2, -0.15) is 5.26 Å². The molecule has 0 aliphatic heterocycles. The molecule has 0 bridgehead atoms. The van der Waals surface area contributed by atoms with Gasteiger partial charge in [-0.25, -0.2) is 0 Å². The second kappa shape index (κ2) is 4.31. The van der Waals surface area contributed by atoms with Crippen molar-refractivity contribution in [2.45, 2.75) is 6.42 Å². The Morgan fingerprint density at radius 2 is 1.80 bits per heavy atom. The Hall–Kier alpha value is -2.25. The van der Waals surface area contributed by atoms with Crippen LogP contribution in [0.5, 0.6) is 0 Å². The standard InChI is InChI=1S/C14H9N/c15-11-4-3-7-13-9-5-8-12-6-1-2-10-14(12)13/h1-2,5-6,8-10H,4H2. The third-order valence-electron chi connectivity index (χ3n) is 2.18. The van der Waals surface area contributed by atoms with E-state index in [4.69, 9.17) is 5.26 Å². The van der Waals surface area contributed by atoms with Crippen LogP contribution in [0.3, 0.4) is 0 Å². The number of rotatable bonds is 0. The molecule has 0 aliphatic carbocycles. The normalized spacial score (nSPS) is 9.00. The highest BCUT2D eigenvalue weighted by Crippen LogP contribution is 2.17. The highest BCUT2D eigenvalue weighted by atomic mass is 14.2. The fourth-order valence-electron chi connectivity index (χ4n) is 1.51. The topological polar surface area (TPSA) is 23.8 Å². The zero-order chi connectivity index (χ0) is 10.5. The lowest BCUT2D eigenvalue weighted by atomic mass is 10.1. The molecule has 2 aromatic carbocycles. The first-order valence-corrected chi connectivity index (χ1v) is 4.75. The van der Waals surface area contributed by atoms with Gasteiger partial charge in [-0.05, 0) is 16.8 Å². The van der Waals surface area contributed by atoms with Gasteiger partial charge in [0.15, 0.2) is 0 Å². The smallest absolute Gasteiger partial charge is 0.0966 e. The summed E-state index contributed by atoms with van der Waals surface area (Å²) in [6.07, 6.45) is 0.281. The van der Waals surface area contributed by atoms with Gasteiger partial charge in [0.25, 0.3) is 0 Å². The molecule has 0 N–H and O–H groups in total. The van der Waals surface area contributed by atoms with Gasteiger partial charge in [-0.3, -0.25) is 0 Å². The van der Waals surface area contributed by atoms with Crippen LogP contribution in [-0.4, -0.2) is 0 Å². The third kappa shape index (κ3) is 1.98. The van der Waals surface area contributed by atoms with E-state index in [1.54, 1.807) is 0 Å². The number of hydrogen-bond donors (Lipinski definition) is 0. The van der Waals surface area contributed by atoms with E-state index in [0.29, 0.717) is 0 Å². The van der Waals surface area contributed by atoms with Crippen molar-refractivity contribution >= 4 is 10.8 Å². The maximum atomic E-state index is 8.41. The molecule has 1 heteroatoms. The second-order valence-electron chi connectivity index (χ2n) is 3.16. The zero-order valence-corrected chi connectivity index (χ0v) is 8.20. The molecule has 0 amide bonds. The Balaban J connectivity index is 2.54. The van der Waals surface area contributed by atoms with Crippen LogP contribution in [0.4, 0.5) is 0 Å². The van der Waals surface area contributed by atoms with E-state index in [-0.39, 0.29) is 6.42 Å². The molecule has 0 saturated carbocycles. The van der Waals surface area contributed by atoms with Crippen molar-refractivity contribution in [2.24, 2.45) is 0 Å². The molecule has 0 aliphatic rings. The van der Waals surface area contributed by atoms with E-state index < -0.39 is 0 Å². The summed E-state index contributed by atoms with van der Waals surface area (Å²) in [5.74, 6) is 5.85. The molecule has 70 valence electrons. The Labute approximate surface area is 89.0 Å². The predicted molar refractivity (Wildman–Crippen MR) is 61.1 cm³/mol. The van der Waals surface area contributed by atoms with Gasteiger partial charge in [0.2, 0.25) is 0 Å². The summed E-state index contributed by atoms with van der Waals surface area (Å²) in [6, 6.07) is 16.2. The molecular formula is C14H9N. The average Bonchev–Trinajstić information content (AvgIpc) is 2.30. The summed E-state index contributed by atoms with van der Waals surface area (Å²) < 4.78 is 0. The van der Waals surface area contributed by atoms with Crippen molar-refractivity contribution in [3.8, 4) is 17.9 Å². The van der Waals surface area contributed by atoms with Crippen molar-refractivity contribution in [3.05, 3.63) is 48.0 Å². The van der Waals surface area contributed by atoms with E-state index in [2.05, 4.69) is 24.0 Å². The molecule has 0 saturated heterocycles. The summed E-state index contributed by atoms with van der Waals surface area (Å²) in [4.78, 5) is 0. The molecular weight excluding hydrogens is 182 g/mol. The molecule has 2 aromatic rings. The van der Waals surface area contributed by atoms with Crippen LogP contribution in [-0.2, 0) is 0 Å². The number of nitriles is 1. The molecule has 0 unspecified atom stereocenters. The van der Waals surface area contributed by atoms with Gasteiger partial charge in [-0.15, -0.1) is 0 Å². The minimum atomic E-state index is 0.281. The molecule has 0 spiro atoms. The molecule has 0 atom stereocenters. The van der Waals surface area contributed by atoms with Crippen molar-refractivity contribution in [1.29, 1.82) is 5.26 Å². The fourth-order valence-corrected chi connectivity index (χ4v) is 1.51. The molecule has 0 fully saturated rings. The van der Waals surface area contributed by atoms with Crippen molar-refractivity contribution in [3.63, 3.8) is 0 Å². The van der Waals surface area contributed by atoms with Crippen LogP contribution in [0.25, 0.3) is 10.8 Å². The molecule has 1 nitrogen and oxygen atoms in total. The molecule has 2 rings (SSSR count). The summed E-state index contributed by atoms with van der Waals surface area (Å²) in [7, 11) is 0. The fraction of sp³-hybridized carbons (Fsp3) is 0.0714.